The number of hydrogen-bond acceptors (Lipinski definition) is 4. The first-order valence-electron chi connectivity index (χ1n) is 10.4. The Morgan fingerprint density at radius 3 is 2.45 bits per heavy atom. The largest absolute Gasteiger partial charge is 0.352 e. The van der Waals surface area contributed by atoms with Gasteiger partial charge in [0.2, 0.25) is 17.7 Å². The lowest BCUT2D eigenvalue weighted by molar-refractivity contribution is -0.125. The van der Waals surface area contributed by atoms with Gasteiger partial charge in [-0.1, -0.05) is 37.3 Å². The van der Waals surface area contributed by atoms with Gasteiger partial charge in [-0.25, -0.2) is 0 Å². The molecule has 162 valence electrons. The van der Waals surface area contributed by atoms with Crippen LogP contribution in [0.1, 0.15) is 44.6 Å². The van der Waals surface area contributed by atoms with Crippen LogP contribution in [0.5, 0.6) is 0 Å². The number of nitrogens with one attached hydrogen (secondary N) is 2. The smallest absolute Gasteiger partial charge is 0.227 e. The predicted molar refractivity (Wildman–Crippen MR) is 120 cm³/mol. The number of benzene rings is 2. The van der Waals surface area contributed by atoms with E-state index in [-0.39, 0.29) is 43.5 Å². The first-order chi connectivity index (χ1) is 15.0. The molecule has 0 aliphatic rings. The van der Waals surface area contributed by atoms with Crippen LogP contribution in [0, 0.1) is 11.3 Å². The van der Waals surface area contributed by atoms with Crippen LogP contribution in [-0.2, 0) is 20.9 Å². The van der Waals surface area contributed by atoms with Crippen LogP contribution in [0.15, 0.2) is 54.6 Å². The highest BCUT2D eigenvalue weighted by Gasteiger charge is 2.16. The monoisotopic (exact) mass is 420 g/mol. The second kappa shape index (κ2) is 12.8. The summed E-state index contributed by atoms with van der Waals surface area (Å²) in [6, 6.07) is 18.5. The molecule has 2 N–H and O–H groups in total. The van der Waals surface area contributed by atoms with Gasteiger partial charge in [-0.2, -0.15) is 5.26 Å². The second-order valence-corrected chi connectivity index (χ2v) is 7.06. The van der Waals surface area contributed by atoms with Crippen molar-refractivity contribution in [2.45, 2.75) is 45.6 Å². The number of carbonyl (C=O) groups is 3. The zero-order valence-electron chi connectivity index (χ0n) is 17.8. The molecule has 2 aromatic carbocycles. The summed E-state index contributed by atoms with van der Waals surface area (Å²) in [5.41, 5.74) is 2.26. The molecule has 2 rings (SSSR count). The van der Waals surface area contributed by atoms with Crippen LogP contribution in [-0.4, -0.2) is 24.3 Å². The molecule has 0 radical (unpaired) electrons. The standard InChI is InChI=1S/C24H28N4O3/c1-2-8-23(30)27-20-10-6-9-19(17-20)18-26-22(29)13-14-24(31)28(16-7-15-25)21-11-4-3-5-12-21/h3-6,9-12,17H,2,7-8,13-14,16,18H2,1H3,(H,26,29)(H,27,30). The lowest BCUT2D eigenvalue weighted by atomic mass is 10.2. The molecule has 7 heteroatoms. The maximum atomic E-state index is 12.6. The van der Waals surface area contributed by atoms with E-state index in [0.29, 0.717) is 24.3 Å². The molecule has 0 aromatic heterocycles. The summed E-state index contributed by atoms with van der Waals surface area (Å²) in [5, 5.41) is 14.5. The molecule has 2 aromatic rings. The summed E-state index contributed by atoms with van der Waals surface area (Å²) in [7, 11) is 0. The van der Waals surface area contributed by atoms with Gasteiger partial charge >= 0.3 is 0 Å². The maximum Gasteiger partial charge on any atom is 0.227 e. The fraction of sp³-hybridized carbons (Fsp3) is 0.333. The lowest BCUT2D eigenvalue weighted by Crippen LogP contribution is -2.33. The fourth-order valence-corrected chi connectivity index (χ4v) is 3.02. The molecule has 7 nitrogen and oxygen atoms in total. The van der Waals surface area contributed by atoms with E-state index in [0.717, 1.165) is 12.0 Å². The summed E-state index contributed by atoms with van der Waals surface area (Å²) in [4.78, 5) is 38.1. The van der Waals surface area contributed by atoms with Crippen LogP contribution in [0.2, 0.25) is 0 Å². The Morgan fingerprint density at radius 2 is 1.74 bits per heavy atom. The number of nitriles is 1. The van der Waals surface area contributed by atoms with E-state index in [1.165, 1.54) is 0 Å². The number of nitrogens with zero attached hydrogens (tertiary/aromatic N) is 2. The molecule has 0 bridgehead atoms. The first kappa shape index (κ1) is 23.6. The summed E-state index contributed by atoms with van der Waals surface area (Å²) >= 11 is 0. The first-order valence-corrected chi connectivity index (χ1v) is 10.4. The predicted octanol–water partition coefficient (Wildman–Crippen LogP) is 3.77. The second-order valence-electron chi connectivity index (χ2n) is 7.06. The van der Waals surface area contributed by atoms with Crippen molar-refractivity contribution < 1.29 is 14.4 Å². The van der Waals surface area contributed by atoms with Crippen LogP contribution >= 0.6 is 0 Å². The van der Waals surface area contributed by atoms with Crippen LogP contribution in [0.25, 0.3) is 0 Å². The van der Waals surface area contributed by atoms with Gasteiger partial charge in [0.25, 0.3) is 0 Å². The Labute approximate surface area is 183 Å². The third-order valence-electron chi connectivity index (χ3n) is 4.56. The van der Waals surface area contributed by atoms with E-state index in [9.17, 15) is 14.4 Å². The summed E-state index contributed by atoms with van der Waals surface area (Å²) in [5.74, 6) is -0.471. The van der Waals surface area contributed by atoms with Gasteiger partial charge in [-0.05, 0) is 36.2 Å². The summed E-state index contributed by atoms with van der Waals surface area (Å²) in [6.07, 6.45) is 1.57. The number of anilines is 2. The van der Waals surface area contributed by atoms with Crippen molar-refractivity contribution >= 4 is 29.1 Å². The van der Waals surface area contributed by atoms with Crippen molar-refractivity contribution in [3.63, 3.8) is 0 Å². The minimum Gasteiger partial charge on any atom is -0.352 e. The fourth-order valence-electron chi connectivity index (χ4n) is 3.02. The number of amides is 3. The van der Waals surface area contributed by atoms with E-state index >= 15 is 0 Å². The van der Waals surface area contributed by atoms with Gasteiger partial charge in [-0.15, -0.1) is 0 Å². The number of rotatable bonds is 11. The molecule has 31 heavy (non-hydrogen) atoms. The molecule has 0 aliphatic carbocycles. The van der Waals surface area contributed by atoms with Gasteiger partial charge < -0.3 is 15.5 Å². The normalized spacial score (nSPS) is 10.1. The molecule has 0 unspecified atom stereocenters. The minimum absolute atomic E-state index is 0.0402. The molecule has 0 fully saturated rings. The molecular weight excluding hydrogens is 392 g/mol. The van der Waals surface area contributed by atoms with Crippen molar-refractivity contribution in [1.29, 1.82) is 5.26 Å². The zero-order chi connectivity index (χ0) is 22.5. The van der Waals surface area contributed by atoms with Gasteiger partial charge in [0, 0.05) is 43.7 Å². The molecule has 0 heterocycles. The lowest BCUT2D eigenvalue weighted by Gasteiger charge is -2.21. The highest BCUT2D eigenvalue weighted by molar-refractivity contribution is 5.95. The van der Waals surface area contributed by atoms with Gasteiger partial charge in [0.1, 0.15) is 0 Å². The van der Waals surface area contributed by atoms with Gasteiger partial charge in [-0.3, -0.25) is 14.4 Å². The van der Waals surface area contributed by atoms with Crippen molar-refractivity contribution in [3.05, 3.63) is 60.2 Å². The highest BCUT2D eigenvalue weighted by Crippen LogP contribution is 2.16. The van der Waals surface area contributed by atoms with Crippen LogP contribution in [0.3, 0.4) is 0 Å². The molecular formula is C24H28N4O3. The van der Waals surface area contributed by atoms with Crippen LogP contribution < -0.4 is 15.5 Å². The van der Waals surface area contributed by atoms with Crippen molar-refractivity contribution in [3.8, 4) is 6.07 Å². The van der Waals surface area contributed by atoms with E-state index in [1.807, 2.05) is 61.5 Å². The average Bonchev–Trinajstić information content (AvgIpc) is 2.77. The molecule has 0 saturated carbocycles. The Bertz CT molecular complexity index is 922. The summed E-state index contributed by atoms with van der Waals surface area (Å²) < 4.78 is 0. The van der Waals surface area contributed by atoms with Gasteiger partial charge in [0.15, 0.2) is 0 Å². The molecule has 0 spiro atoms. The van der Waals surface area contributed by atoms with E-state index < -0.39 is 0 Å². The minimum atomic E-state index is -0.234. The topological polar surface area (TPSA) is 102 Å². The van der Waals surface area contributed by atoms with E-state index in [4.69, 9.17) is 5.26 Å². The van der Waals surface area contributed by atoms with E-state index in [2.05, 4.69) is 10.6 Å². The van der Waals surface area contributed by atoms with E-state index in [1.54, 1.807) is 11.0 Å². The number of para-hydroxylation sites is 1. The maximum absolute atomic E-state index is 12.6. The molecule has 0 aliphatic heterocycles. The Morgan fingerprint density at radius 1 is 0.968 bits per heavy atom. The van der Waals surface area contributed by atoms with Crippen molar-refractivity contribution in [2.75, 3.05) is 16.8 Å². The SMILES string of the molecule is CCCC(=O)Nc1cccc(CNC(=O)CCC(=O)N(CCC#N)c2ccccc2)c1. The van der Waals surface area contributed by atoms with Gasteiger partial charge in [0.05, 0.1) is 12.5 Å². The Hall–Kier alpha value is -3.66. The third-order valence-corrected chi connectivity index (χ3v) is 4.56. The number of carbonyl (C=O) groups excluding carboxylic acids is 3. The molecule has 3 amide bonds. The highest BCUT2D eigenvalue weighted by atomic mass is 16.2. The quantitative estimate of drug-likeness (QED) is 0.578. The Balaban J connectivity index is 1.85. The molecule has 0 saturated heterocycles. The van der Waals surface area contributed by atoms with Crippen LogP contribution in [0.4, 0.5) is 11.4 Å². The average molecular weight is 421 g/mol. The third kappa shape index (κ3) is 8.31. The zero-order valence-corrected chi connectivity index (χ0v) is 17.8. The van der Waals surface area contributed by atoms with Crippen molar-refractivity contribution in [2.24, 2.45) is 0 Å². The molecule has 0 atom stereocenters. The number of hydrogen-bond donors (Lipinski definition) is 2. The Kier molecular flexibility index (Phi) is 9.76. The van der Waals surface area contributed by atoms with Crippen molar-refractivity contribution in [1.82, 2.24) is 5.32 Å². The summed E-state index contributed by atoms with van der Waals surface area (Å²) in [6.45, 7) is 2.54.